The van der Waals surface area contributed by atoms with Crippen molar-refractivity contribution in [1.82, 2.24) is 0 Å². The Morgan fingerprint density at radius 3 is 2.56 bits per heavy atom. The lowest BCUT2D eigenvalue weighted by Gasteiger charge is -2.06. The predicted octanol–water partition coefficient (Wildman–Crippen LogP) is 2.89. The fourth-order valence-corrected chi connectivity index (χ4v) is 1.88. The zero-order chi connectivity index (χ0) is 12.3. The van der Waals surface area contributed by atoms with E-state index < -0.39 is 11.3 Å². The number of ketones is 1. The van der Waals surface area contributed by atoms with Crippen LogP contribution in [0, 0.1) is 0 Å². The maximum atomic E-state index is 11.6. The zero-order valence-corrected chi connectivity index (χ0v) is 10.9. The molecule has 86 valence electrons. The number of carboxylic acid groups (broad SMARTS) is 1. The largest absolute Gasteiger partial charge is 0.481 e. The molecule has 0 amide bonds. The highest BCUT2D eigenvalue weighted by Gasteiger charge is 2.14. The molecule has 16 heavy (non-hydrogen) atoms. The van der Waals surface area contributed by atoms with Crippen LogP contribution in [0.1, 0.15) is 22.8 Å². The molecule has 1 atom stereocenters. The van der Waals surface area contributed by atoms with E-state index in [0.717, 1.165) is 0 Å². The number of Topliss-reactive ketones (excluding diaryl/α,β-unsaturated/α-hetero) is 1. The Hall–Kier alpha value is -0.870. The van der Waals surface area contributed by atoms with Gasteiger partial charge in [-0.2, -0.15) is 0 Å². The zero-order valence-electron chi connectivity index (χ0n) is 8.54. The van der Waals surface area contributed by atoms with Gasteiger partial charge in [-0.15, -0.1) is 11.6 Å². The van der Waals surface area contributed by atoms with E-state index in [-0.39, 0.29) is 12.2 Å². The quantitative estimate of drug-likeness (QED) is 0.687. The lowest BCUT2D eigenvalue weighted by molar-refractivity contribution is -0.136. The molecular weight excluding hydrogens is 295 g/mol. The molecule has 0 spiro atoms. The van der Waals surface area contributed by atoms with Gasteiger partial charge in [-0.25, -0.2) is 0 Å². The highest BCUT2D eigenvalue weighted by Crippen LogP contribution is 2.21. The van der Waals surface area contributed by atoms with Gasteiger partial charge >= 0.3 is 5.97 Å². The molecule has 0 aliphatic heterocycles. The smallest absolute Gasteiger partial charge is 0.307 e. The lowest BCUT2D eigenvalue weighted by Crippen LogP contribution is -2.11. The molecule has 0 radical (unpaired) electrons. The van der Waals surface area contributed by atoms with Gasteiger partial charge in [-0.05, 0) is 18.6 Å². The van der Waals surface area contributed by atoms with Crippen molar-refractivity contribution in [3.8, 4) is 0 Å². The Balaban J connectivity index is 2.99. The minimum Gasteiger partial charge on any atom is -0.481 e. The minimum atomic E-state index is -0.912. The highest BCUT2D eigenvalue weighted by molar-refractivity contribution is 9.10. The summed E-state index contributed by atoms with van der Waals surface area (Å²) in [6.07, 6.45) is -0.0779. The summed E-state index contributed by atoms with van der Waals surface area (Å²) in [6, 6.07) is 4.80. The Morgan fingerprint density at radius 2 is 2.12 bits per heavy atom. The molecule has 5 heteroatoms. The van der Waals surface area contributed by atoms with Crippen molar-refractivity contribution in [2.24, 2.45) is 0 Å². The first-order chi connectivity index (χ1) is 7.41. The Labute approximate surface area is 107 Å². The number of carbonyl (C=O) groups is 2. The summed E-state index contributed by atoms with van der Waals surface area (Å²) in [5.74, 6) is -1.09. The number of rotatable bonds is 4. The summed E-state index contributed by atoms with van der Waals surface area (Å²) >= 11 is 8.91. The fraction of sp³-hybridized carbons (Fsp3) is 0.273. The van der Waals surface area contributed by atoms with Crippen LogP contribution in [-0.4, -0.2) is 22.2 Å². The van der Waals surface area contributed by atoms with Crippen molar-refractivity contribution in [1.29, 1.82) is 0 Å². The second-order valence-corrected chi connectivity index (χ2v) is 4.87. The van der Waals surface area contributed by atoms with E-state index in [1.807, 2.05) is 0 Å². The van der Waals surface area contributed by atoms with Gasteiger partial charge < -0.3 is 5.11 Å². The number of hydrogen-bond acceptors (Lipinski definition) is 2. The number of carbonyl (C=O) groups excluding carboxylic acids is 1. The van der Waals surface area contributed by atoms with E-state index in [2.05, 4.69) is 15.9 Å². The predicted molar refractivity (Wildman–Crippen MR) is 65.1 cm³/mol. The van der Waals surface area contributed by atoms with Crippen LogP contribution < -0.4 is 0 Å². The van der Waals surface area contributed by atoms with Gasteiger partial charge in [0.1, 0.15) is 0 Å². The second-order valence-electron chi connectivity index (χ2n) is 3.36. The summed E-state index contributed by atoms with van der Waals surface area (Å²) in [6.45, 7) is 1.60. The van der Waals surface area contributed by atoms with Crippen LogP contribution in [0.25, 0.3) is 0 Å². The maximum absolute atomic E-state index is 11.6. The van der Waals surface area contributed by atoms with Crippen molar-refractivity contribution in [2.45, 2.75) is 18.7 Å². The molecule has 1 unspecified atom stereocenters. The van der Waals surface area contributed by atoms with Gasteiger partial charge in [0, 0.05) is 10.0 Å². The van der Waals surface area contributed by atoms with Gasteiger partial charge in [0.05, 0.1) is 11.8 Å². The third kappa shape index (κ3) is 3.32. The SMILES string of the molecule is CC(Cl)C(=O)c1ccc(CC(=O)O)c(Br)c1. The molecule has 0 aliphatic carbocycles. The number of alkyl halides is 1. The Morgan fingerprint density at radius 1 is 1.50 bits per heavy atom. The first-order valence-corrected chi connectivity index (χ1v) is 5.83. The summed E-state index contributed by atoms with van der Waals surface area (Å²) < 4.78 is 0.609. The number of carboxylic acids is 1. The van der Waals surface area contributed by atoms with Gasteiger partial charge in [0.2, 0.25) is 0 Å². The third-order valence-corrected chi connectivity index (χ3v) is 2.98. The Kier molecular flexibility index (Phi) is 4.50. The van der Waals surface area contributed by atoms with Crippen molar-refractivity contribution in [3.05, 3.63) is 33.8 Å². The van der Waals surface area contributed by atoms with E-state index in [4.69, 9.17) is 16.7 Å². The first-order valence-electron chi connectivity index (χ1n) is 4.60. The minimum absolute atomic E-state index is 0.0779. The number of halogens is 2. The molecule has 1 N–H and O–H groups in total. The third-order valence-electron chi connectivity index (χ3n) is 2.04. The molecule has 1 aromatic rings. The van der Waals surface area contributed by atoms with Gasteiger partial charge in [-0.3, -0.25) is 9.59 Å². The standard InChI is InChI=1S/C11H10BrClO3/c1-6(13)11(16)8-3-2-7(5-10(14)15)9(12)4-8/h2-4,6H,5H2,1H3,(H,14,15). The van der Waals surface area contributed by atoms with Crippen molar-refractivity contribution in [2.75, 3.05) is 0 Å². The molecule has 1 aromatic carbocycles. The summed E-state index contributed by atoms with van der Waals surface area (Å²) in [5.41, 5.74) is 1.11. The fourth-order valence-electron chi connectivity index (χ4n) is 1.24. The van der Waals surface area contributed by atoms with Gasteiger partial charge in [-0.1, -0.05) is 28.1 Å². The molecular formula is C11H10BrClO3. The van der Waals surface area contributed by atoms with E-state index in [9.17, 15) is 9.59 Å². The summed E-state index contributed by atoms with van der Waals surface area (Å²) in [5, 5.41) is 8.06. The van der Waals surface area contributed by atoms with Gasteiger partial charge in [0.15, 0.2) is 5.78 Å². The molecule has 0 saturated carbocycles. The maximum Gasteiger partial charge on any atom is 0.307 e. The average Bonchev–Trinajstić information content (AvgIpc) is 2.19. The van der Waals surface area contributed by atoms with Crippen LogP contribution in [0.15, 0.2) is 22.7 Å². The first kappa shape index (κ1) is 13.2. The highest BCUT2D eigenvalue weighted by atomic mass is 79.9. The molecule has 0 aromatic heterocycles. The van der Waals surface area contributed by atoms with Crippen LogP contribution in [0.4, 0.5) is 0 Å². The van der Waals surface area contributed by atoms with E-state index in [0.29, 0.717) is 15.6 Å². The monoisotopic (exact) mass is 304 g/mol. The molecule has 0 saturated heterocycles. The van der Waals surface area contributed by atoms with Crippen molar-refractivity contribution >= 4 is 39.3 Å². The topological polar surface area (TPSA) is 54.4 Å². The number of aliphatic carboxylic acids is 1. The van der Waals surface area contributed by atoms with Crippen molar-refractivity contribution < 1.29 is 14.7 Å². The summed E-state index contributed by atoms with van der Waals surface area (Å²) in [4.78, 5) is 22.1. The Bertz CT molecular complexity index is 429. The lowest BCUT2D eigenvalue weighted by atomic mass is 10.0. The van der Waals surface area contributed by atoms with E-state index in [1.54, 1.807) is 25.1 Å². The number of benzene rings is 1. The van der Waals surface area contributed by atoms with Crippen LogP contribution in [0.2, 0.25) is 0 Å². The van der Waals surface area contributed by atoms with Crippen LogP contribution in [0.3, 0.4) is 0 Å². The van der Waals surface area contributed by atoms with Crippen LogP contribution >= 0.6 is 27.5 Å². The molecule has 0 aliphatic rings. The molecule has 3 nitrogen and oxygen atoms in total. The number of hydrogen-bond donors (Lipinski definition) is 1. The van der Waals surface area contributed by atoms with Crippen LogP contribution in [0.5, 0.6) is 0 Å². The van der Waals surface area contributed by atoms with E-state index in [1.165, 1.54) is 0 Å². The summed E-state index contributed by atoms with van der Waals surface area (Å²) in [7, 11) is 0. The van der Waals surface area contributed by atoms with Crippen LogP contribution in [-0.2, 0) is 11.2 Å². The molecule has 0 heterocycles. The molecule has 1 rings (SSSR count). The molecule has 0 bridgehead atoms. The van der Waals surface area contributed by atoms with E-state index >= 15 is 0 Å². The average molecular weight is 306 g/mol. The molecule has 0 fully saturated rings. The normalized spacial score (nSPS) is 12.2. The second kappa shape index (κ2) is 5.46. The van der Waals surface area contributed by atoms with Crippen molar-refractivity contribution in [3.63, 3.8) is 0 Å². The van der Waals surface area contributed by atoms with Gasteiger partial charge in [0.25, 0.3) is 0 Å².